The third-order valence-electron chi connectivity index (χ3n) is 8.25. The summed E-state index contributed by atoms with van der Waals surface area (Å²) >= 11 is 1.11. The lowest BCUT2D eigenvalue weighted by atomic mass is 9.88. The fourth-order valence-electron chi connectivity index (χ4n) is 6.08. The van der Waals surface area contributed by atoms with Crippen molar-refractivity contribution in [1.29, 1.82) is 0 Å². The lowest BCUT2D eigenvalue weighted by Crippen LogP contribution is -2.45. The van der Waals surface area contributed by atoms with Crippen molar-refractivity contribution in [3.8, 4) is 17.6 Å². The van der Waals surface area contributed by atoms with Crippen LogP contribution in [0.5, 0.6) is 5.75 Å². The summed E-state index contributed by atoms with van der Waals surface area (Å²) in [5.41, 5.74) is 2.38. The van der Waals surface area contributed by atoms with Crippen LogP contribution >= 0.6 is 11.9 Å². The quantitative estimate of drug-likeness (QED) is 0.191. The van der Waals surface area contributed by atoms with Crippen molar-refractivity contribution >= 4 is 34.2 Å². The van der Waals surface area contributed by atoms with E-state index in [1.807, 2.05) is 24.3 Å². The zero-order chi connectivity index (χ0) is 29.7. The number of nitrogens with zero attached hydrogens (tertiary/aromatic N) is 2. The molecular formula is C31H38F3N5O2S. The molecule has 1 saturated carbocycles. The van der Waals surface area contributed by atoms with Gasteiger partial charge in [0.1, 0.15) is 12.3 Å². The molecule has 0 atom stereocenters. The first-order valence-electron chi connectivity index (χ1n) is 14.4. The van der Waals surface area contributed by atoms with E-state index in [1.165, 1.54) is 4.57 Å². The van der Waals surface area contributed by atoms with Gasteiger partial charge in [0.25, 0.3) is 0 Å². The molecule has 1 aliphatic heterocycles. The number of hydrogen-bond acceptors (Lipinski definition) is 7. The number of benzene rings is 2. The third kappa shape index (κ3) is 7.48. The Morgan fingerprint density at radius 3 is 2.50 bits per heavy atom. The Balaban J connectivity index is 1.30. The topological polar surface area (TPSA) is 87.7 Å². The molecule has 0 radical (unpaired) electrons. The Labute approximate surface area is 249 Å². The monoisotopic (exact) mass is 601 g/mol. The molecule has 1 aromatic heterocycles. The second-order valence-electron chi connectivity index (χ2n) is 11.0. The van der Waals surface area contributed by atoms with Crippen LogP contribution in [0.2, 0.25) is 0 Å². The van der Waals surface area contributed by atoms with Crippen LogP contribution in [0.1, 0.15) is 44.2 Å². The van der Waals surface area contributed by atoms with Crippen molar-refractivity contribution in [2.24, 2.45) is 5.14 Å². The predicted octanol–water partition coefficient (Wildman–Crippen LogP) is 5.82. The minimum atomic E-state index is -4.39. The lowest BCUT2D eigenvalue weighted by molar-refractivity contribution is -0.140. The number of methoxy groups -OCH3 is 1. The normalized spacial score (nSPS) is 20.2. The van der Waals surface area contributed by atoms with Crippen LogP contribution in [0.4, 0.5) is 24.5 Å². The number of nitrogens with one attached hydrogen (secondary N) is 2. The van der Waals surface area contributed by atoms with Gasteiger partial charge in [-0.25, -0.2) is 0 Å². The van der Waals surface area contributed by atoms with Gasteiger partial charge in [-0.2, -0.15) is 13.2 Å². The van der Waals surface area contributed by atoms with Crippen molar-refractivity contribution in [3.05, 3.63) is 48.2 Å². The molecule has 11 heteroatoms. The van der Waals surface area contributed by atoms with Crippen LogP contribution in [0.3, 0.4) is 0 Å². The van der Waals surface area contributed by atoms with Crippen LogP contribution < -0.4 is 20.5 Å². The van der Waals surface area contributed by atoms with Gasteiger partial charge in [0.05, 0.1) is 36.7 Å². The van der Waals surface area contributed by atoms with Crippen LogP contribution in [0, 0.1) is 11.8 Å². The highest BCUT2D eigenvalue weighted by atomic mass is 32.2. The van der Waals surface area contributed by atoms with E-state index in [0.29, 0.717) is 23.0 Å². The van der Waals surface area contributed by atoms with Gasteiger partial charge in [-0.05, 0) is 92.8 Å². The molecule has 0 unspecified atom stereocenters. The Bertz CT molecular complexity index is 1420. The molecule has 42 heavy (non-hydrogen) atoms. The standard InChI is InChI=1S/C31H38F3N5O2S/c1-41-30-19-25(42-35)11-12-28(30)36-15-3-4-23-18-26-27(5-2-6-29(26)39(23)20-31(32,33)34)37-21-7-9-22(10-8-21)38-16-13-24(40)14-17-38/h2,5-6,11-12,18-19,21-22,24,36-37,40H,7-10,13-17,20,35H2,1H3. The number of ether oxygens (including phenoxy) is 1. The summed E-state index contributed by atoms with van der Waals surface area (Å²) in [6.07, 6.45) is 1.25. The molecule has 1 saturated heterocycles. The van der Waals surface area contributed by atoms with E-state index in [1.54, 1.807) is 25.3 Å². The molecule has 2 aromatic carbocycles. The maximum atomic E-state index is 13.6. The minimum Gasteiger partial charge on any atom is -0.495 e. The molecule has 2 heterocycles. The predicted molar refractivity (Wildman–Crippen MR) is 163 cm³/mol. The van der Waals surface area contributed by atoms with E-state index in [2.05, 4.69) is 27.4 Å². The van der Waals surface area contributed by atoms with Crippen molar-refractivity contribution in [3.63, 3.8) is 0 Å². The largest absolute Gasteiger partial charge is 0.495 e. The molecule has 1 aliphatic carbocycles. The highest BCUT2D eigenvalue weighted by molar-refractivity contribution is 7.97. The molecule has 226 valence electrons. The van der Waals surface area contributed by atoms with Crippen molar-refractivity contribution in [2.45, 2.75) is 74.3 Å². The number of aromatic nitrogens is 1. The van der Waals surface area contributed by atoms with Gasteiger partial charge in [0, 0.05) is 41.1 Å². The van der Waals surface area contributed by atoms with Gasteiger partial charge < -0.3 is 29.9 Å². The van der Waals surface area contributed by atoms with Crippen LogP contribution in [-0.4, -0.2) is 65.7 Å². The van der Waals surface area contributed by atoms with E-state index in [4.69, 9.17) is 9.88 Å². The number of hydrogen-bond donors (Lipinski definition) is 4. The summed E-state index contributed by atoms with van der Waals surface area (Å²) in [4.78, 5) is 3.35. The summed E-state index contributed by atoms with van der Waals surface area (Å²) in [6, 6.07) is 13.5. The number of alkyl halides is 3. The maximum absolute atomic E-state index is 13.6. The summed E-state index contributed by atoms with van der Waals surface area (Å²) in [7, 11) is 1.56. The average Bonchev–Trinajstić information content (AvgIpc) is 3.32. The number of halogens is 3. The Hall–Kier alpha value is -3.04. The highest BCUT2D eigenvalue weighted by Crippen LogP contribution is 2.33. The van der Waals surface area contributed by atoms with Crippen LogP contribution in [0.15, 0.2) is 47.4 Å². The molecule has 0 amide bonds. The van der Waals surface area contributed by atoms with Gasteiger partial charge in [-0.3, -0.25) is 5.14 Å². The van der Waals surface area contributed by atoms with E-state index < -0.39 is 12.7 Å². The van der Waals surface area contributed by atoms with E-state index in [0.717, 1.165) is 85.2 Å². The number of rotatable bonds is 8. The fourth-order valence-corrected chi connectivity index (χ4v) is 6.41. The molecule has 5 N–H and O–H groups in total. The van der Waals surface area contributed by atoms with Crippen LogP contribution in [0.25, 0.3) is 10.9 Å². The first-order valence-corrected chi connectivity index (χ1v) is 15.3. The van der Waals surface area contributed by atoms with Gasteiger partial charge in [-0.15, -0.1) is 0 Å². The van der Waals surface area contributed by atoms with E-state index >= 15 is 0 Å². The first kappa shape index (κ1) is 30.4. The summed E-state index contributed by atoms with van der Waals surface area (Å²) in [5.74, 6) is 6.56. The zero-order valence-electron chi connectivity index (χ0n) is 23.7. The summed E-state index contributed by atoms with van der Waals surface area (Å²) in [5, 5.41) is 23.0. The number of aliphatic hydroxyl groups is 1. The molecule has 5 rings (SSSR count). The fraction of sp³-hybridized carbons (Fsp3) is 0.484. The minimum absolute atomic E-state index is 0.174. The van der Waals surface area contributed by atoms with Gasteiger partial charge in [-0.1, -0.05) is 12.0 Å². The van der Waals surface area contributed by atoms with E-state index in [9.17, 15) is 18.3 Å². The number of aliphatic hydroxyl groups excluding tert-OH is 1. The number of piperidine rings is 1. The second-order valence-corrected chi connectivity index (χ2v) is 11.7. The summed E-state index contributed by atoms with van der Waals surface area (Å²) < 4.78 is 47.5. The average molecular weight is 602 g/mol. The number of anilines is 2. The lowest BCUT2D eigenvalue weighted by Gasteiger charge is -2.40. The number of nitrogens with two attached hydrogens (primary N) is 1. The van der Waals surface area contributed by atoms with Gasteiger partial charge in [0.15, 0.2) is 0 Å². The molecule has 3 aromatic rings. The van der Waals surface area contributed by atoms with Crippen LogP contribution in [-0.2, 0) is 6.54 Å². The van der Waals surface area contributed by atoms with Crippen molar-refractivity contribution in [2.75, 3.05) is 37.4 Å². The molecular weight excluding hydrogens is 563 g/mol. The van der Waals surface area contributed by atoms with Crippen molar-refractivity contribution < 1.29 is 23.0 Å². The third-order valence-corrected chi connectivity index (χ3v) is 8.77. The summed E-state index contributed by atoms with van der Waals surface area (Å²) in [6.45, 7) is 1.01. The Kier molecular flexibility index (Phi) is 9.78. The van der Waals surface area contributed by atoms with Crippen molar-refractivity contribution in [1.82, 2.24) is 9.47 Å². The first-order chi connectivity index (χ1) is 20.2. The number of likely N-dealkylation sites (tertiary alicyclic amines) is 1. The highest BCUT2D eigenvalue weighted by Gasteiger charge is 2.31. The molecule has 2 fully saturated rings. The van der Waals surface area contributed by atoms with Gasteiger partial charge >= 0.3 is 6.18 Å². The van der Waals surface area contributed by atoms with E-state index in [-0.39, 0.29) is 18.7 Å². The SMILES string of the molecule is COc1cc(SN)ccc1NCC#Cc1cc2c(NC3CCC(N4CCC(O)CC4)CC3)cccc2n1CC(F)(F)F. The maximum Gasteiger partial charge on any atom is 0.406 e. The molecule has 7 nitrogen and oxygen atoms in total. The molecule has 2 aliphatic rings. The Morgan fingerprint density at radius 2 is 1.81 bits per heavy atom. The second kappa shape index (κ2) is 13.5. The Morgan fingerprint density at radius 1 is 1.05 bits per heavy atom. The molecule has 0 spiro atoms. The van der Waals surface area contributed by atoms with Gasteiger partial charge in [0.2, 0.25) is 0 Å². The molecule has 0 bridgehead atoms. The number of fused-ring (bicyclic) bond motifs is 1. The zero-order valence-corrected chi connectivity index (χ0v) is 24.5. The smallest absolute Gasteiger partial charge is 0.406 e.